The Morgan fingerprint density at radius 1 is 1.06 bits per heavy atom. The Morgan fingerprint density at radius 2 is 1.78 bits per heavy atom. The molecule has 1 amide bonds. The first kappa shape index (κ1) is 23.4. The van der Waals surface area contributed by atoms with E-state index in [2.05, 4.69) is 4.90 Å². The van der Waals surface area contributed by atoms with E-state index in [1.165, 1.54) is 11.2 Å². The topological polar surface area (TPSA) is 70.2 Å². The fraction of sp³-hybridized carbons (Fsp3) is 0.409. The van der Waals surface area contributed by atoms with Crippen LogP contribution in [-0.4, -0.2) is 75.2 Å². The smallest absolute Gasteiger partial charge is 0.243 e. The molecule has 4 rings (SSSR count). The van der Waals surface area contributed by atoms with Gasteiger partial charge in [-0.25, -0.2) is 8.42 Å². The number of carbonyl (C=O) groups excluding carboxylic acids is 1. The van der Waals surface area contributed by atoms with Crippen molar-refractivity contribution in [2.24, 2.45) is 0 Å². The molecule has 0 aliphatic carbocycles. The Hall–Kier alpha value is -1.78. The lowest BCUT2D eigenvalue weighted by atomic mass is 10.2. The van der Waals surface area contributed by atoms with Crippen LogP contribution in [0.15, 0.2) is 52.3 Å². The Labute approximate surface area is 198 Å². The zero-order chi connectivity index (χ0) is 22.7. The minimum absolute atomic E-state index is 0.0736. The van der Waals surface area contributed by atoms with Gasteiger partial charge in [-0.15, -0.1) is 11.8 Å². The van der Waals surface area contributed by atoms with Crippen LogP contribution in [0, 0.1) is 0 Å². The first-order chi connectivity index (χ1) is 15.3. The molecule has 0 bridgehead atoms. The number of fused-ring (bicyclic) bond motifs is 1. The molecule has 0 radical (unpaired) electrons. The van der Waals surface area contributed by atoms with E-state index in [0.29, 0.717) is 50.0 Å². The summed E-state index contributed by atoms with van der Waals surface area (Å²) in [5.74, 6) is 1.50. The summed E-state index contributed by atoms with van der Waals surface area (Å²) < 4.78 is 33.8. The summed E-state index contributed by atoms with van der Waals surface area (Å²) >= 11 is 7.53. The maximum Gasteiger partial charge on any atom is 0.243 e. The third-order valence-corrected chi connectivity index (χ3v) is 8.82. The second kappa shape index (κ2) is 10.0. The quantitative estimate of drug-likeness (QED) is 0.613. The van der Waals surface area contributed by atoms with Crippen molar-refractivity contribution >= 4 is 45.0 Å². The normalized spacial score (nSPS) is 17.8. The monoisotopic (exact) mass is 495 g/mol. The molecule has 2 heterocycles. The first-order valence-corrected chi connectivity index (χ1v) is 13.3. The number of carbonyl (C=O) groups is 1. The highest BCUT2D eigenvalue weighted by Crippen LogP contribution is 2.37. The number of ether oxygens (including phenoxy) is 1. The van der Waals surface area contributed by atoms with E-state index in [-0.39, 0.29) is 10.8 Å². The van der Waals surface area contributed by atoms with Crippen molar-refractivity contribution < 1.29 is 17.9 Å². The number of nitrogens with zero attached hydrogens (tertiary/aromatic N) is 3. The number of thioether (sulfide) groups is 1. The lowest BCUT2D eigenvalue weighted by Crippen LogP contribution is -2.49. The van der Waals surface area contributed by atoms with Gasteiger partial charge >= 0.3 is 0 Å². The van der Waals surface area contributed by atoms with Gasteiger partial charge < -0.3 is 9.64 Å². The third-order valence-electron chi connectivity index (χ3n) is 5.63. The summed E-state index contributed by atoms with van der Waals surface area (Å²) in [6, 6.07) is 12.3. The maximum absolute atomic E-state index is 13.2. The fourth-order valence-electron chi connectivity index (χ4n) is 3.85. The van der Waals surface area contributed by atoms with E-state index in [4.69, 9.17) is 16.3 Å². The zero-order valence-electron chi connectivity index (χ0n) is 17.9. The van der Waals surface area contributed by atoms with Crippen molar-refractivity contribution in [3.05, 3.63) is 47.5 Å². The van der Waals surface area contributed by atoms with Gasteiger partial charge in [0.2, 0.25) is 15.9 Å². The SMILES string of the molecule is CC(=O)N1CCSc2ccc(S(=O)(=O)N3CCN(CCOc4ccc(Cl)cc4)CC3)cc21. The second-order valence-corrected chi connectivity index (χ2v) is 11.2. The minimum atomic E-state index is -3.62. The summed E-state index contributed by atoms with van der Waals surface area (Å²) in [5, 5.41) is 0.668. The lowest BCUT2D eigenvalue weighted by Gasteiger charge is -2.34. The molecule has 0 unspecified atom stereocenters. The van der Waals surface area contributed by atoms with E-state index in [0.717, 1.165) is 22.9 Å². The molecule has 0 aromatic heterocycles. The molecule has 1 saturated heterocycles. The number of halogens is 1. The van der Waals surface area contributed by atoms with E-state index < -0.39 is 10.0 Å². The lowest BCUT2D eigenvalue weighted by molar-refractivity contribution is -0.116. The molecule has 0 atom stereocenters. The second-order valence-electron chi connectivity index (χ2n) is 7.70. The Balaban J connectivity index is 1.35. The highest BCUT2D eigenvalue weighted by atomic mass is 35.5. The van der Waals surface area contributed by atoms with Crippen molar-refractivity contribution in [2.45, 2.75) is 16.7 Å². The molecule has 0 saturated carbocycles. The van der Waals surface area contributed by atoms with E-state index in [1.807, 2.05) is 18.2 Å². The van der Waals surface area contributed by atoms with Crippen molar-refractivity contribution in [1.29, 1.82) is 0 Å². The van der Waals surface area contributed by atoms with Crippen LogP contribution < -0.4 is 9.64 Å². The van der Waals surface area contributed by atoms with Crippen LogP contribution in [0.25, 0.3) is 0 Å². The summed E-state index contributed by atoms with van der Waals surface area (Å²) in [5.41, 5.74) is 0.688. The molecule has 2 aliphatic heterocycles. The van der Waals surface area contributed by atoms with Crippen molar-refractivity contribution in [1.82, 2.24) is 9.21 Å². The zero-order valence-corrected chi connectivity index (χ0v) is 20.3. The molecule has 10 heteroatoms. The van der Waals surface area contributed by atoms with Crippen LogP contribution in [0.1, 0.15) is 6.92 Å². The van der Waals surface area contributed by atoms with Crippen LogP contribution in [-0.2, 0) is 14.8 Å². The van der Waals surface area contributed by atoms with E-state index in [9.17, 15) is 13.2 Å². The van der Waals surface area contributed by atoms with Gasteiger partial charge in [-0.2, -0.15) is 4.31 Å². The van der Waals surface area contributed by atoms with Gasteiger partial charge in [0.25, 0.3) is 0 Å². The largest absolute Gasteiger partial charge is 0.492 e. The van der Waals surface area contributed by atoms with Crippen LogP contribution in [0.5, 0.6) is 5.75 Å². The molecule has 2 aromatic rings. The molecule has 0 spiro atoms. The number of sulfonamides is 1. The van der Waals surface area contributed by atoms with Gasteiger partial charge in [-0.1, -0.05) is 11.6 Å². The number of piperazine rings is 1. The maximum atomic E-state index is 13.2. The van der Waals surface area contributed by atoms with Gasteiger partial charge in [0.05, 0.1) is 10.6 Å². The number of anilines is 1. The predicted molar refractivity (Wildman–Crippen MR) is 127 cm³/mol. The van der Waals surface area contributed by atoms with Crippen LogP contribution in [0.4, 0.5) is 5.69 Å². The summed E-state index contributed by atoms with van der Waals surface area (Å²) in [6.07, 6.45) is 0. The number of hydrogen-bond acceptors (Lipinski definition) is 6. The molecule has 2 aliphatic rings. The number of hydrogen-bond donors (Lipinski definition) is 0. The molecular formula is C22H26ClN3O4S2. The molecule has 32 heavy (non-hydrogen) atoms. The van der Waals surface area contributed by atoms with Gasteiger partial charge in [0.1, 0.15) is 12.4 Å². The van der Waals surface area contributed by atoms with Crippen molar-refractivity contribution in [2.75, 3.05) is 56.5 Å². The average molecular weight is 496 g/mol. The first-order valence-electron chi connectivity index (χ1n) is 10.5. The van der Waals surface area contributed by atoms with Crippen LogP contribution in [0.3, 0.4) is 0 Å². The third kappa shape index (κ3) is 5.23. The van der Waals surface area contributed by atoms with Crippen LogP contribution in [0.2, 0.25) is 5.02 Å². The molecule has 1 fully saturated rings. The highest BCUT2D eigenvalue weighted by Gasteiger charge is 2.30. The van der Waals surface area contributed by atoms with Gasteiger partial charge in [-0.3, -0.25) is 9.69 Å². The van der Waals surface area contributed by atoms with Crippen LogP contribution >= 0.6 is 23.4 Å². The predicted octanol–water partition coefficient (Wildman–Crippen LogP) is 3.18. The van der Waals surface area contributed by atoms with Gasteiger partial charge in [-0.05, 0) is 42.5 Å². The molecular weight excluding hydrogens is 470 g/mol. The molecule has 7 nitrogen and oxygen atoms in total. The summed E-state index contributed by atoms with van der Waals surface area (Å²) in [4.78, 5) is 17.0. The van der Waals surface area contributed by atoms with Crippen molar-refractivity contribution in [3.63, 3.8) is 0 Å². The molecule has 2 aromatic carbocycles. The number of benzene rings is 2. The van der Waals surface area contributed by atoms with Gasteiger partial charge in [0, 0.05) is 61.9 Å². The number of rotatable bonds is 6. The standard InChI is InChI=1S/C22H26ClN3O4S2/c1-17(27)26-13-15-31-22-7-6-20(16-21(22)26)32(28,29)25-10-8-24(9-11-25)12-14-30-19-4-2-18(23)3-5-19/h2-7,16H,8-15H2,1H3. The highest BCUT2D eigenvalue weighted by molar-refractivity contribution is 7.99. The fourth-order valence-corrected chi connectivity index (χ4v) is 6.39. The summed E-state index contributed by atoms with van der Waals surface area (Å²) in [6.45, 7) is 5.48. The Bertz CT molecular complexity index is 1070. The van der Waals surface area contributed by atoms with E-state index in [1.54, 1.807) is 40.9 Å². The van der Waals surface area contributed by atoms with Crippen molar-refractivity contribution in [3.8, 4) is 5.75 Å². The molecule has 0 N–H and O–H groups in total. The average Bonchev–Trinajstić information content (AvgIpc) is 2.80. The Kier molecular flexibility index (Phi) is 7.31. The Morgan fingerprint density at radius 3 is 2.47 bits per heavy atom. The minimum Gasteiger partial charge on any atom is -0.492 e. The van der Waals surface area contributed by atoms with E-state index >= 15 is 0 Å². The summed E-state index contributed by atoms with van der Waals surface area (Å²) in [7, 11) is -3.62. The molecule has 172 valence electrons. The number of amides is 1. The van der Waals surface area contributed by atoms with Gasteiger partial charge in [0.15, 0.2) is 0 Å².